The highest BCUT2D eigenvalue weighted by Crippen LogP contribution is 2.47. The van der Waals surface area contributed by atoms with Crippen molar-refractivity contribution in [1.29, 1.82) is 0 Å². The first kappa shape index (κ1) is 21.4. The van der Waals surface area contributed by atoms with Crippen molar-refractivity contribution in [3.63, 3.8) is 0 Å². The molecule has 0 saturated carbocycles. The lowest BCUT2D eigenvalue weighted by molar-refractivity contribution is 0.0767. The van der Waals surface area contributed by atoms with Crippen molar-refractivity contribution in [1.82, 2.24) is 15.1 Å². The van der Waals surface area contributed by atoms with Crippen LogP contribution in [0.2, 0.25) is 0 Å². The van der Waals surface area contributed by atoms with E-state index in [0.717, 1.165) is 56.7 Å². The lowest BCUT2D eigenvalue weighted by atomic mass is 9.82. The fraction of sp³-hybridized carbons (Fsp3) is 0.773. The van der Waals surface area contributed by atoms with Crippen LogP contribution in [0.25, 0.3) is 0 Å². The van der Waals surface area contributed by atoms with E-state index in [1.54, 1.807) is 0 Å². The highest BCUT2D eigenvalue weighted by molar-refractivity contribution is 14.0. The van der Waals surface area contributed by atoms with Crippen molar-refractivity contribution in [3.05, 3.63) is 23.7 Å². The number of aliphatic imine (C=N–C) groups is 1. The molecule has 4 aliphatic rings. The van der Waals surface area contributed by atoms with E-state index in [1.165, 1.54) is 25.7 Å². The van der Waals surface area contributed by atoms with Crippen molar-refractivity contribution in [2.45, 2.75) is 57.8 Å². The van der Waals surface area contributed by atoms with E-state index in [2.05, 4.69) is 34.2 Å². The third-order valence-corrected chi connectivity index (χ3v) is 7.17. The number of ether oxygens (including phenoxy) is 1. The smallest absolute Gasteiger partial charge is 0.194 e. The summed E-state index contributed by atoms with van der Waals surface area (Å²) in [4.78, 5) is 10.1. The quantitative estimate of drug-likeness (QED) is 0.371. The van der Waals surface area contributed by atoms with Gasteiger partial charge in [-0.2, -0.15) is 0 Å². The first-order chi connectivity index (χ1) is 13.7. The molecule has 7 heteroatoms. The third-order valence-electron chi connectivity index (χ3n) is 7.17. The van der Waals surface area contributed by atoms with Crippen LogP contribution in [-0.4, -0.2) is 67.2 Å². The van der Waals surface area contributed by atoms with Crippen LogP contribution in [0.3, 0.4) is 0 Å². The molecule has 162 valence electrons. The summed E-state index contributed by atoms with van der Waals surface area (Å²) in [5, 5.41) is 3.55. The molecular weight excluding hydrogens is 479 g/mol. The average molecular weight is 514 g/mol. The van der Waals surface area contributed by atoms with E-state index in [4.69, 9.17) is 14.1 Å². The SMILES string of the molecule is CCNC(=NCC(c1ccc(C)o1)N1CCCC1)N1CC2C3CCC(O3)C2C1.I. The minimum absolute atomic E-state index is 0. The Morgan fingerprint density at radius 3 is 2.45 bits per heavy atom. The topological polar surface area (TPSA) is 53.2 Å². The second-order valence-electron chi connectivity index (χ2n) is 8.92. The van der Waals surface area contributed by atoms with Crippen LogP contribution < -0.4 is 5.32 Å². The van der Waals surface area contributed by atoms with Gasteiger partial charge in [-0.05, 0) is 64.8 Å². The Morgan fingerprint density at radius 1 is 1.17 bits per heavy atom. The van der Waals surface area contributed by atoms with Gasteiger partial charge in [0.05, 0.1) is 24.8 Å². The number of hydrogen-bond acceptors (Lipinski definition) is 4. The minimum Gasteiger partial charge on any atom is -0.465 e. The molecule has 2 bridgehead atoms. The molecule has 1 aromatic rings. The molecule has 1 N–H and O–H groups in total. The van der Waals surface area contributed by atoms with Crippen LogP contribution in [-0.2, 0) is 4.74 Å². The molecule has 0 amide bonds. The number of fused-ring (bicyclic) bond motifs is 5. The fourth-order valence-electron chi connectivity index (χ4n) is 5.80. The van der Waals surface area contributed by atoms with Gasteiger partial charge in [-0.25, -0.2) is 0 Å². The second-order valence-corrected chi connectivity index (χ2v) is 8.92. The van der Waals surface area contributed by atoms with Gasteiger partial charge in [0, 0.05) is 31.5 Å². The molecule has 29 heavy (non-hydrogen) atoms. The summed E-state index contributed by atoms with van der Waals surface area (Å²) in [5.41, 5.74) is 0. The molecule has 4 fully saturated rings. The fourth-order valence-corrected chi connectivity index (χ4v) is 5.80. The number of furan rings is 1. The summed E-state index contributed by atoms with van der Waals surface area (Å²) in [7, 11) is 0. The van der Waals surface area contributed by atoms with Gasteiger partial charge < -0.3 is 19.4 Å². The number of aryl methyl sites for hydroxylation is 1. The molecular formula is C22H35IN4O2. The maximum Gasteiger partial charge on any atom is 0.194 e. The molecule has 0 radical (unpaired) electrons. The monoisotopic (exact) mass is 514 g/mol. The van der Waals surface area contributed by atoms with Gasteiger partial charge in [-0.3, -0.25) is 9.89 Å². The van der Waals surface area contributed by atoms with Crippen molar-refractivity contribution >= 4 is 29.9 Å². The summed E-state index contributed by atoms with van der Waals surface area (Å²) in [6, 6.07) is 4.45. The van der Waals surface area contributed by atoms with Crippen LogP contribution >= 0.6 is 24.0 Å². The van der Waals surface area contributed by atoms with Gasteiger partial charge >= 0.3 is 0 Å². The zero-order valence-corrected chi connectivity index (χ0v) is 20.0. The molecule has 5 unspecified atom stereocenters. The zero-order valence-electron chi connectivity index (χ0n) is 17.7. The normalized spacial score (nSPS) is 32.5. The summed E-state index contributed by atoms with van der Waals surface area (Å²) >= 11 is 0. The average Bonchev–Trinajstić information content (AvgIpc) is 3.47. The number of rotatable bonds is 5. The highest BCUT2D eigenvalue weighted by atomic mass is 127. The van der Waals surface area contributed by atoms with Crippen molar-refractivity contribution in [2.75, 3.05) is 39.3 Å². The molecule has 6 nitrogen and oxygen atoms in total. The van der Waals surface area contributed by atoms with Gasteiger partial charge in [0.25, 0.3) is 0 Å². The molecule has 4 aliphatic heterocycles. The van der Waals surface area contributed by atoms with Crippen molar-refractivity contribution in [2.24, 2.45) is 16.8 Å². The lowest BCUT2D eigenvalue weighted by Gasteiger charge is -2.27. The molecule has 0 aliphatic carbocycles. The zero-order chi connectivity index (χ0) is 19.1. The molecule has 0 aromatic carbocycles. The first-order valence-corrected chi connectivity index (χ1v) is 11.2. The molecule has 5 heterocycles. The maximum absolute atomic E-state index is 6.15. The Hall–Kier alpha value is -0.800. The number of guanidine groups is 1. The second kappa shape index (κ2) is 9.14. The van der Waals surface area contributed by atoms with Crippen LogP contribution in [0.15, 0.2) is 21.5 Å². The molecule has 4 saturated heterocycles. The number of nitrogens with one attached hydrogen (secondary N) is 1. The van der Waals surface area contributed by atoms with Gasteiger partial charge in [-0.1, -0.05) is 0 Å². The molecule has 1 aromatic heterocycles. The number of nitrogens with zero attached hydrogens (tertiary/aromatic N) is 3. The van der Waals surface area contributed by atoms with Gasteiger partial charge in [0.15, 0.2) is 5.96 Å². The van der Waals surface area contributed by atoms with Crippen molar-refractivity contribution < 1.29 is 9.15 Å². The Morgan fingerprint density at radius 2 is 1.86 bits per heavy atom. The van der Waals surface area contributed by atoms with E-state index in [0.29, 0.717) is 24.0 Å². The predicted octanol–water partition coefficient (Wildman–Crippen LogP) is 3.42. The van der Waals surface area contributed by atoms with Crippen LogP contribution in [0.4, 0.5) is 0 Å². The van der Waals surface area contributed by atoms with E-state index in [-0.39, 0.29) is 30.0 Å². The summed E-state index contributed by atoms with van der Waals surface area (Å²) in [5.74, 6) is 4.51. The molecule has 5 rings (SSSR count). The summed E-state index contributed by atoms with van der Waals surface area (Å²) in [6.07, 6.45) is 6.04. The van der Waals surface area contributed by atoms with Gasteiger partial charge in [0.2, 0.25) is 0 Å². The Balaban J connectivity index is 0.00000205. The summed E-state index contributed by atoms with van der Waals surface area (Å²) in [6.45, 7) is 10.3. The summed E-state index contributed by atoms with van der Waals surface area (Å²) < 4.78 is 12.2. The number of halogens is 1. The predicted molar refractivity (Wildman–Crippen MR) is 125 cm³/mol. The largest absolute Gasteiger partial charge is 0.465 e. The van der Waals surface area contributed by atoms with Gasteiger partial charge in [-0.15, -0.1) is 24.0 Å². The highest BCUT2D eigenvalue weighted by Gasteiger charge is 2.53. The van der Waals surface area contributed by atoms with Gasteiger partial charge in [0.1, 0.15) is 11.5 Å². The number of likely N-dealkylation sites (tertiary alicyclic amines) is 2. The lowest BCUT2D eigenvalue weighted by Crippen LogP contribution is -2.42. The van der Waals surface area contributed by atoms with E-state index in [9.17, 15) is 0 Å². The standard InChI is InChI=1S/C22H34N4O2.HI/c1-3-23-22(26-13-16-17(14-26)20-9-8-19(16)28-20)24-12-18(25-10-4-5-11-25)21-7-6-15(2)27-21;/h6-7,16-20H,3-5,8-14H2,1-2H3,(H,23,24);1H. The van der Waals surface area contributed by atoms with Crippen LogP contribution in [0.1, 0.15) is 50.2 Å². The van der Waals surface area contributed by atoms with E-state index >= 15 is 0 Å². The minimum atomic E-state index is 0. The van der Waals surface area contributed by atoms with Crippen LogP contribution in [0, 0.1) is 18.8 Å². The number of hydrogen-bond donors (Lipinski definition) is 1. The third kappa shape index (κ3) is 4.19. The Kier molecular flexibility index (Phi) is 6.75. The first-order valence-electron chi connectivity index (χ1n) is 11.2. The van der Waals surface area contributed by atoms with E-state index < -0.39 is 0 Å². The van der Waals surface area contributed by atoms with Crippen LogP contribution in [0.5, 0.6) is 0 Å². The van der Waals surface area contributed by atoms with Crippen molar-refractivity contribution in [3.8, 4) is 0 Å². The molecule has 0 spiro atoms. The Bertz CT molecular complexity index is 699. The Labute approximate surface area is 191 Å². The molecule has 5 atom stereocenters. The maximum atomic E-state index is 6.15. The van der Waals surface area contributed by atoms with E-state index in [1.807, 2.05) is 6.92 Å².